The largest absolute Gasteiger partial charge is 0.417 e. The molecule has 1 aromatic heterocycles. The average Bonchev–Trinajstić information content (AvgIpc) is 2.61. The number of aromatic nitrogens is 1. The molecule has 0 bridgehead atoms. The van der Waals surface area contributed by atoms with Gasteiger partial charge in [0.1, 0.15) is 5.82 Å². The van der Waals surface area contributed by atoms with Gasteiger partial charge in [-0.15, -0.1) is 0 Å². The fraction of sp³-hybridized carbons (Fsp3) is 0.353. The zero-order chi connectivity index (χ0) is 19.4. The summed E-state index contributed by atoms with van der Waals surface area (Å²) < 4.78 is 65.9. The third kappa shape index (κ3) is 4.73. The van der Waals surface area contributed by atoms with E-state index in [-0.39, 0.29) is 6.54 Å². The van der Waals surface area contributed by atoms with Gasteiger partial charge in [0.15, 0.2) is 0 Å². The second-order valence-corrected chi connectivity index (χ2v) is 7.25. The number of pyridine rings is 1. The van der Waals surface area contributed by atoms with Crippen molar-refractivity contribution >= 4 is 15.8 Å². The van der Waals surface area contributed by atoms with Crippen molar-refractivity contribution in [3.8, 4) is 0 Å². The highest BCUT2D eigenvalue weighted by Gasteiger charge is 2.36. The van der Waals surface area contributed by atoms with Gasteiger partial charge in [-0.25, -0.2) is 18.1 Å². The molecule has 2 rings (SSSR count). The minimum atomic E-state index is -4.75. The Kier molecular flexibility index (Phi) is 6.25. The van der Waals surface area contributed by atoms with Gasteiger partial charge in [0.25, 0.3) is 0 Å². The Labute approximate surface area is 150 Å². The summed E-state index contributed by atoms with van der Waals surface area (Å²) in [6, 6.07) is 7.53. The summed E-state index contributed by atoms with van der Waals surface area (Å²) in [7, 11) is -4.32. The molecule has 1 N–H and O–H groups in total. The summed E-state index contributed by atoms with van der Waals surface area (Å²) in [4.78, 5) is 5.49. The van der Waals surface area contributed by atoms with Gasteiger partial charge in [0.2, 0.25) is 10.0 Å². The highest BCUT2D eigenvalue weighted by Crippen LogP contribution is 2.33. The molecule has 0 fully saturated rings. The highest BCUT2D eigenvalue weighted by molar-refractivity contribution is 7.89. The van der Waals surface area contributed by atoms with E-state index in [1.165, 1.54) is 12.3 Å². The van der Waals surface area contributed by atoms with Crippen LogP contribution in [0.5, 0.6) is 0 Å². The van der Waals surface area contributed by atoms with Crippen LogP contribution in [-0.4, -0.2) is 26.5 Å². The number of nitrogens with zero attached hydrogens (tertiary/aromatic N) is 2. The lowest BCUT2D eigenvalue weighted by Crippen LogP contribution is -2.26. The van der Waals surface area contributed by atoms with E-state index in [1.54, 1.807) is 12.1 Å². The van der Waals surface area contributed by atoms with Crippen LogP contribution in [0.25, 0.3) is 0 Å². The Bertz CT molecular complexity index is 833. The van der Waals surface area contributed by atoms with Crippen molar-refractivity contribution in [2.75, 3.05) is 18.0 Å². The number of hydrogen-bond donors (Lipinski definition) is 1. The van der Waals surface area contributed by atoms with Crippen LogP contribution in [0, 0.1) is 0 Å². The number of benzene rings is 1. The van der Waals surface area contributed by atoms with Gasteiger partial charge in [-0.05, 0) is 37.6 Å². The maximum absolute atomic E-state index is 13.0. The molecule has 26 heavy (non-hydrogen) atoms. The van der Waals surface area contributed by atoms with Crippen molar-refractivity contribution in [1.29, 1.82) is 0 Å². The van der Waals surface area contributed by atoms with Gasteiger partial charge in [-0.2, -0.15) is 13.2 Å². The Morgan fingerprint density at radius 1 is 1.08 bits per heavy atom. The quantitative estimate of drug-likeness (QED) is 0.791. The molecule has 2 aromatic rings. The molecule has 0 unspecified atom stereocenters. The fourth-order valence-electron chi connectivity index (χ4n) is 2.45. The maximum atomic E-state index is 13.0. The first kappa shape index (κ1) is 20.2. The van der Waals surface area contributed by atoms with E-state index >= 15 is 0 Å². The number of rotatable bonds is 7. The normalized spacial score (nSPS) is 12.2. The molecule has 0 atom stereocenters. The number of halogens is 3. The van der Waals surface area contributed by atoms with Gasteiger partial charge in [0, 0.05) is 25.8 Å². The molecule has 0 radical (unpaired) electrons. The SMILES string of the molecule is CCN(CC)c1ccc(CNS(=O)(=O)c2ccccc2C(F)(F)F)cn1. The lowest BCUT2D eigenvalue weighted by molar-refractivity contribution is -0.139. The van der Waals surface area contributed by atoms with E-state index in [4.69, 9.17) is 0 Å². The number of anilines is 1. The zero-order valence-corrected chi connectivity index (χ0v) is 15.2. The minimum absolute atomic E-state index is 0.153. The Morgan fingerprint density at radius 2 is 1.73 bits per heavy atom. The average molecular weight is 387 g/mol. The van der Waals surface area contributed by atoms with Crippen molar-refractivity contribution in [3.05, 3.63) is 53.7 Å². The summed E-state index contributed by atoms with van der Waals surface area (Å²) >= 11 is 0. The van der Waals surface area contributed by atoms with Crippen LogP contribution in [0.1, 0.15) is 25.0 Å². The van der Waals surface area contributed by atoms with Gasteiger partial charge in [-0.1, -0.05) is 18.2 Å². The Morgan fingerprint density at radius 3 is 2.27 bits per heavy atom. The molecule has 0 aliphatic rings. The molecule has 9 heteroatoms. The molecule has 0 saturated carbocycles. The monoisotopic (exact) mass is 387 g/mol. The third-order valence-corrected chi connectivity index (χ3v) is 5.30. The standard InChI is InChI=1S/C17H20F3N3O2S/c1-3-23(4-2)16-10-9-13(11-21-16)12-22-26(24,25)15-8-6-5-7-14(15)17(18,19)20/h5-11,22H,3-4,12H2,1-2H3. The zero-order valence-electron chi connectivity index (χ0n) is 14.4. The van der Waals surface area contributed by atoms with Crippen molar-refractivity contribution < 1.29 is 21.6 Å². The summed E-state index contributed by atoms with van der Waals surface area (Å²) in [6.07, 6.45) is -3.25. The van der Waals surface area contributed by atoms with E-state index in [0.29, 0.717) is 5.56 Å². The first-order chi connectivity index (χ1) is 12.2. The second-order valence-electron chi connectivity index (χ2n) is 5.52. The van der Waals surface area contributed by atoms with Crippen LogP contribution in [0.15, 0.2) is 47.5 Å². The Hall–Kier alpha value is -2.13. The van der Waals surface area contributed by atoms with E-state index < -0.39 is 26.7 Å². The highest BCUT2D eigenvalue weighted by atomic mass is 32.2. The number of sulfonamides is 1. The topological polar surface area (TPSA) is 62.3 Å². The van der Waals surface area contributed by atoms with Crippen molar-refractivity contribution in [2.24, 2.45) is 0 Å². The summed E-state index contributed by atoms with van der Waals surface area (Å²) in [6.45, 7) is 5.39. The van der Waals surface area contributed by atoms with Crippen molar-refractivity contribution in [1.82, 2.24) is 9.71 Å². The lowest BCUT2D eigenvalue weighted by atomic mass is 10.2. The molecule has 142 valence electrons. The molecular formula is C17H20F3N3O2S. The van der Waals surface area contributed by atoms with E-state index in [2.05, 4.69) is 9.71 Å². The smallest absolute Gasteiger partial charge is 0.357 e. The van der Waals surface area contributed by atoms with Crippen molar-refractivity contribution in [3.63, 3.8) is 0 Å². The Balaban J connectivity index is 2.17. The molecule has 0 saturated heterocycles. The molecule has 0 aliphatic heterocycles. The first-order valence-corrected chi connectivity index (χ1v) is 9.53. The summed E-state index contributed by atoms with van der Waals surface area (Å²) in [5.41, 5.74) is -0.642. The number of alkyl halides is 3. The van der Waals surface area contributed by atoms with E-state index in [1.807, 2.05) is 18.7 Å². The minimum Gasteiger partial charge on any atom is -0.357 e. The van der Waals surface area contributed by atoms with Crippen LogP contribution in [0.4, 0.5) is 19.0 Å². The van der Waals surface area contributed by atoms with Crippen LogP contribution in [0.2, 0.25) is 0 Å². The predicted octanol–water partition coefficient (Wildman–Crippen LogP) is 3.43. The first-order valence-electron chi connectivity index (χ1n) is 8.04. The molecule has 1 heterocycles. The van der Waals surface area contributed by atoms with Crippen LogP contribution in [0.3, 0.4) is 0 Å². The molecule has 1 aromatic carbocycles. The van der Waals surface area contributed by atoms with E-state index in [0.717, 1.165) is 37.1 Å². The second kappa shape index (κ2) is 8.05. The predicted molar refractivity (Wildman–Crippen MR) is 93.3 cm³/mol. The van der Waals surface area contributed by atoms with E-state index in [9.17, 15) is 21.6 Å². The molecular weight excluding hydrogens is 367 g/mol. The third-order valence-electron chi connectivity index (χ3n) is 3.84. The summed E-state index contributed by atoms with van der Waals surface area (Å²) in [5.74, 6) is 0.754. The maximum Gasteiger partial charge on any atom is 0.417 e. The van der Waals surface area contributed by atoms with Crippen molar-refractivity contribution in [2.45, 2.75) is 31.5 Å². The molecule has 0 amide bonds. The van der Waals surface area contributed by atoms with Gasteiger partial charge in [-0.3, -0.25) is 0 Å². The van der Waals surface area contributed by atoms with Gasteiger partial charge < -0.3 is 4.90 Å². The summed E-state index contributed by atoms with van der Waals surface area (Å²) in [5, 5.41) is 0. The van der Waals surface area contributed by atoms with Crippen LogP contribution >= 0.6 is 0 Å². The lowest BCUT2D eigenvalue weighted by Gasteiger charge is -2.19. The van der Waals surface area contributed by atoms with Crippen LogP contribution < -0.4 is 9.62 Å². The number of hydrogen-bond acceptors (Lipinski definition) is 4. The fourth-order valence-corrected chi connectivity index (χ4v) is 3.69. The van der Waals surface area contributed by atoms with Gasteiger partial charge in [0.05, 0.1) is 10.5 Å². The molecule has 0 spiro atoms. The molecule has 0 aliphatic carbocycles. The van der Waals surface area contributed by atoms with Gasteiger partial charge >= 0.3 is 6.18 Å². The number of nitrogens with one attached hydrogen (secondary N) is 1. The van der Waals surface area contributed by atoms with Crippen LogP contribution in [-0.2, 0) is 22.7 Å². The molecule has 5 nitrogen and oxygen atoms in total.